The summed E-state index contributed by atoms with van der Waals surface area (Å²) >= 11 is 0. The standard InChI is InChI=1S/C15H15FN2O4S/c1-10(23(21,22)13-6-3-11(16)4-7-13)15(20)17-12-5-8-14(19)18(2)9-12/h3-10H,1-2H3,(H,17,20)/t10-/m1/s1. The van der Waals surface area contributed by atoms with Crippen LogP contribution in [0.4, 0.5) is 10.1 Å². The SMILES string of the molecule is C[C@H](C(=O)Nc1ccc(=O)n(C)c1)S(=O)(=O)c1ccc(F)cc1. The van der Waals surface area contributed by atoms with E-state index in [1.807, 2.05) is 0 Å². The lowest BCUT2D eigenvalue weighted by atomic mass is 10.3. The highest BCUT2D eigenvalue weighted by Gasteiger charge is 2.29. The zero-order valence-electron chi connectivity index (χ0n) is 12.5. The van der Waals surface area contributed by atoms with E-state index in [2.05, 4.69) is 5.32 Å². The van der Waals surface area contributed by atoms with Crippen molar-refractivity contribution in [2.75, 3.05) is 5.32 Å². The molecule has 0 fully saturated rings. The number of rotatable bonds is 4. The number of carbonyl (C=O) groups is 1. The van der Waals surface area contributed by atoms with Gasteiger partial charge in [0.15, 0.2) is 9.84 Å². The number of sulfone groups is 1. The number of benzene rings is 1. The molecule has 1 atom stereocenters. The Morgan fingerprint density at radius 1 is 1.17 bits per heavy atom. The summed E-state index contributed by atoms with van der Waals surface area (Å²) in [6.45, 7) is 1.25. The molecule has 0 aliphatic rings. The summed E-state index contributed by atoms with van der Waals surface area (Å²) in [5, 5.41) is 1.07. The molecule has 1 aromatic heterocycles. The Kier molecular flexibility index (Phi) is 4.65. The molecule has 0 saturated carbocycles. The van der Waals surface area contributed by atoms with Crippen molar-refractivity contribution in [2.45, 2.75) is 17.1 Å². The van der Waals surface area contributed by atoms with Crippen LogP contribution in [0.1, 0.15) is 6.92 Å². The fraction of sp³-hybridized carbons (Fsp3) is 0.200. The van der Waals surface area contributed by atoms with Crippen LogP contribution in [0.3, 0.4) is 0 Å². The second-order valence-corrected chi connectivity index (χ2v) is 7.27. The van der Waals surface area contributed by atoms with Crippen molar-refractivity contribution in [3.05, 3.63) is 58.8 Å². The number of nitrogens with one attached hydrogen (secondary N) is 1. The van der Waals surface area contributed by atoms with Gasteiger partial charge in [0.2, 0.25) is 11.5 Å². The average Bonchev–Trinajstić information content (AvgIpc) is 2.50. The summed E-state index contributed by atoms with van der Waals surface area (Å²) in [6, 6.07) is 6.91. The molecule has 0 aliphatic heterocycles. The van der Waals surface area contributed by atoms with E-state index >= 15 is 0 Å². The molecule has 1 heterocycles. The molecule has 2 aromatic rings. The number of pyridine rings is 1. The van der Waals surface area contributed by atoms with Gasteiger partial charge in [-0.25, -0.2) is 12.8 Å². The Hall–Kier alpha value is -2.48. The molecular weight excluding hydrogens is 323 g/mol. The number of hydrogen-bond acceptors (Lipinski definition) is 4. The monoisotopic (exact) mass is 338 g/mol. The van der Waals surface area contributed by atoms with Gasteiger partial charge < -0.3 is 9.88 Å². The molecule has 0 spiro atoms. The van der Waals surface area contributed by atoms with Crippen LogP contribution in [-0.2, 0) is 21.7 Å². The summed E-state index contributed by atoms with van der Waals surface area (Å²) < 4.78 is 38.9. The van der Waals surface area contributed by atoms with Gasteiger partial charge in [0.25, 0.3) is 0 Å². The Bertz CT molecular complexity index is 888. The van der Waals surface area contributed by atoms with Crippen molar-refractivity contribution in [1.82, 2.24) is 4.57 Å². The van der Waals surface area contributed by atoms with Crippen molar-refractivity contribution in [2.24, 2.45) is 7.05 Å². The minimum atomic E-state index is -3.94. The third-order valence-electron chi connectivity index (χ3n) is 3.33. The minimum Gasteiger partial charge on any atom is -0.324 e. The van der Waals surface area contributed by atoms with E-state index in [4.69, 9.17) is 0 Å². The van der Waals surface area contributed by atoms with Gasteiger partial charge in [-0.1, -0.05) is 0 Å². The van der Waals surface area contributed by atoms with E-state index in [-0.39, 0.29) is 10.5 Å². The van der Waals surface area contributed by atoms with Crippen LogP contribution in [0.15, 0.2) is 52.3 Å². The second-order valence-electron chi connectivity index (χ2n) is 5.00. The van der Waals surface area contributed by atoms with Crippen LogP contribution in [0.5, 0.6) is 0 Å². The number of nitrogens with zero attached hydrogens (tertiary/aromatic N) is 1. The number of halogens is 1. The quantitative estimate of drug-likeness (QED) is 0.852. The van der Waals surface area contributed by atoms with Crippen LogP contribution in [-0.4, -0.2) is 24.1 Å². The van der Waals surface area contributed by atoms with Gasteiger partial charge in [0.1, 0.15) is 11.1 Å². The van der Waals surface area contributed by atoms with Crippen molar-refractivity contribution < 1.29 is 17.6 Å². The highest BCUT2D eigenvalue weighted by Crippen LogP contribution is 2.18. The van der Waals surface area contributed by atoms with Gasteiger partial charge in [-0.3, -0.25) is 9.59 Å². The Morgan fingerprint density at radius 3 is 2.35 bits per heavy atom. The van der Waals surface area contributed by atoms with E-state index in [0.717, 1.165) is 24.3 Å². The van der Waals surface area contributed by atoms with Crippen molar-refractivity contribution >= 4 is 21.4 Å². The topological polar surface area (TPSA) is 85.2 Å². The molecule has 0 unspecified atom stereocenters. The number of hydrogen-bond donors (Lipinski definition) is 1. The molecule has 122 valence electrons. The fourth-order valence-corrected chi connectivity index (χ4v) is 3.15. The van der Waals surface area contributed by atoms with E-state index in [1.165, 1.54) is 36.9 Å². The lowest BCUT2D eigenvalue weighted by molar-refractivity contribution is -0.115. The summed E-state index contributed by atoms with van der Waals surface area (Å²) in [6.07, 6.45) is 1.39. The second kappa shape index (κ2) is 6.33. The fourth-order valence-electron chi connectivity index (χ4n) is 1.88. The molecule has 6 nitrogen and oxygen atoms in total. The number of carbonyl (C=O) groups excluding carboxylic acids is 1. The van der Waals surface area contributed by atoms with E-state index in [1.54, 1.807) is 0 Å². The zero-order chi connectivity index (χ0) is 17.2. The first-order valence-electron chi connectivity index (χ1n) is 6.69. The van der Waals surface area contributed by atoms with Gasteiger partial charge >= 0.3 is 0 Å². The van der Waals surface area contributed by atoms with Crippen LogP contribution >= 0.6 is 0 Å². The van der Waals surface area contributed by atoms with Gasteiger partial charge in [-0.15, -0.1) is 0 Å². The normalized spacial score (nSPS) is 12.7. The van der Waals surface area contributed by atoms with Crippen LogP contribution in [0, 0.1) is 5.82 Å². The number of aromatic nitrogens is 1. The van der Waals surface area contributed by atoms with Crippen LogP contribution in [0.2, 0.25) is 0 Å². The van der Waals surface area contributed by atoms with Crippen molar-refractivity contribution in [3.63, 3.8) is 0 Å². The van der Waals surface area contributed by atoms with Crippen LogP contribution < -0.4 is 10.9 Å². The number of amides is 1. The first-order valence-corrected chi connectivity index (χ1v) is 8.23. The molecule has 0 aliphatic carbocycles. The Balaban J connectivity index is 2.22. The van der Waals surface area contributed by atoms with E-state index in [0.29, 0.717) is 5.69 Å². The lowest BCUT2D eigenvalue weighted by Crippen LogP contribution is -2.33. The summed E-state index contributed by atoms with van der Waals surface area (Å²) in [4.78, 5) is 23.3. The lowest BCUT2D eigenvalue weighted by Gasteiger charge is -2.14. The van der Waals surface area contributed by atoms with E-state index in [9.17, 15) is 22.4 Å². The molecule has 0 bridgehead atoms. The van der Waals surface area contributed by atoms with Crippen molar-refractivity contribution in [1.29, 1.82) is 0 Å². The van der Waals surface area contributed by atoms with Gasteiger partial charge in [-0.2, -0.15) is 0 Å². The van der Waals surface area contributed by atoms with Gasteiger partial charge in [0.05, 0.1) is 10.6 Å². The highest BCUT2D eigenvalue weighted by molar-refractivity contribution is 7.92. The number of aryl methyl sites for hydroxylation is 1. The molecule has 1 amide bonds. The highest BCUT2D eigenvalue weighted by atomic mass is 32.2. The molecule has 8 heteroatoms. The molecule has 23 heavy (non-hydrogen) atoms. The van der Waals surface area contributed by atoms with Crippen molar-refractivity contribution in [3.8, 4) is 0 Å². The van der Waals surface area contributed by atoms with Gasteiger partial charge in [-0.05, 0) is 37.3 Å². The Labute approximate surface area is 132 Å². The predicted molar refractivity (Wildman–Crippen MR) is 83.4 cm³/mol. The Morgan fingerprint density at radius 2 is 1.78 bits per heavy atom. The summed E-state index contributed by atoms with van der Waals surface area (Å²) in [5.41, 5.74) is 0.0493. The molecule has 0 radical (unpaired) electrons. The maximum Gasteiger partial charge on any atom is 0.250 e. The zero-order valence-corrected chi connectivity index (χ0v) is 13.3. The largest absolute Gasteiger partial charge is 0.324 e. The predicted octanol–water partition coefficient (Wildman–Crippen LogP) is 1.33. The molecular formula is C15H15FN2O4S. The maximum absolute atomic E-state index is 12.9. The van der Waals surface area contributed by atoms with Crippen LogP contribution in [0.25, 0.3) is 0 Å². The van der Waals surface area contributed by atoms with Gasteiger partial charge in [0, 0.05) is 19.3 Å². The summed E-state index contributed by atoms with van der Waals surface area (Å²) in [7, 11) is -2.43. The third kappa shape index (κ3) is 3.65. The summed E-state index contributed by atoms with van der Waals surface area (Å²) in [5.74, 6) is -1.31. The third-order valence-corrected chi connectivity index (χ3v) is 5.40. The average molecular weight is 338 g/mol. The molecule has 0 saturated heterocycles. The first kappa shape index (κ1) is 16.9. The smallest absolute Gasteiger partial charge is 0.250 e. The number of anilines is 1. The molecule has 2 rings (SSSR count). The minimum absolute atomic E-state index is 0.137. The molecule has 1 N–H and O–H groups in total. The molecule has 1 aromatic carbocycles. The first-order chi connectivity index (χ1) is 10.7. The maximum atomic E-state index is 12.9. The van der Waals surface area contributed by atoms with E-state index < -0.39 is 26.8 Å².